The third-order valence-corrected chi connectivity index (χ3v) is 2.70. The van der Waals surface area contributed by atoms with E-state index in [4.69, 9.17) is 16.7 Å². The highest BCUT2D eigenvalue weighted by molar-refractivity contribution is 6.32. The van der Waals surface area contributed by atoms with Crippen molar-refractivity contribution < 1.29 is 9.90 Å². The molecule has 0 amide bonds. The van der Waals surface area contributed by atoms with Crippen molar-refractivity contribution in [2.24, 2.45) is 0 Å². The molecule has 88 valence electrons. The van der Waals surface area contributed by atoms with Crippen LogP contribution in [0.3, 0.4) is 0 Å². The molecule has 2 rings (SSSR count). The Morgan fingerprint density at radius 3 is 2.82 bits per heavy atom. The highest BCUT2D eigenvalue weighted by Crippen LogP contribution is 2.21. The van der Waals surface area contributed by atoms with E-state index in [2.05, 4.69) is 4.98 Å². The SMILES string of the molecule is Cc1nc(CC(=O)O)cn1-c1ccccc1Cl. The normalized spacial score (nSPS) is 10.5. The molecule has 17 heavy (non-hydrogen) atoms. The third-order valence-electron chi connectivity index (χ3n) is 2.38. The molecule has 0 fully saturated rings. The van der Waals surface area contributed by atoms with Crippen LogP contribution in [0.4, 0.5) is 0 Å². The summed E-state index contributed by atoms with van der Waals surface area (Å²) >= 11 is 6.08. The average Bonchev–Trinajstić information content (AvgIpc) is 2.59. The van der Waals surface area contributed by atoms with Crippen molar-refractivity contribution in [3.63, 3.8) is 0 Å². The van der Waals surface area contributed by atoms with Crippen molar-refractivity contribution in [3.8, 4) is 5.69 Å². The molecule has 1 heterocycles. The molecule has 0 spiro atoms. The monoisotopic (exact) mass is 250 g/mol. The van der Waals surface area contributed by atoms with Gasteiger partial charge in [0.15, 0.2) is 0 Å². The molecule has 0 bridgehead atoms. The Labute approximate surface area is 103 Å². The maximum absolute atomic E-state index is 10.6. The predicted molar refractivity (Wildman–Crippen MR) is 64.7 cm³/mol. The molecule has 1 aromatic heterocycles. The topological polar surface area (TPSA) is 55.1 Å². The fourth-order valence-electron chi connectivity index (χ4n) is 1.66. The maximum atomic E-state index is 10.6. The summed E-state index contributed by atoms with van der Waals surface area (Å²) in [5.74, 6) is -0.178. The maximum Gasteiger partial charge on any atom is 0.309 e. The van der Waals surface area contributed by atoms with Crippen molar-refractivity contribution in [1.82, 2.24) is 9.55 Å². The molecule has 1 aromatic carbocycles. The molecule has 0 saturated heterocycles. The number of rotatable bonds is 3. The number of hydrogen-bond acceptors (Lipinski definition) is 2. The van der Waals surface area contributed by atoms with Crippen LogP contribution >= 0.6 is 11.6 Å². The quantitative estimate of drug-likeness (QED) is 0.910. The summed E-state index contributed by atoms with van der Waals surface area (Å²) in [6.45, 7) is 1.81. The summed E-state index contributed by atoms with van der Waals surface area (Å²) in [6.07, 6.45) is 1.61. The molecule has 4 nitrogen and oxygen atoms in total. The van der Waals surface area contributed by atoms with Crippen LogP contribution < -0.4 is 0 Å². The first kappa shape index (κ1) is 11.7. The van der Waals surface area contributed by atoms with Gasteiger partial charge < -0.3 is 9.67 Å². The Balaban J connectivity index is 2.43. The minimum atomic E-state index is -0.895. The van der Waals surface area contributed by atoms with Crippen LogP contribution in [0, 0.1) is 6.92 Å². The third kappa shape index (κ3) is 2.47. The highest BCUT2D eigenvalue weighted by atomic mass is 35.5. The van der Waals surface area contributed by atoms with Crippen LogP contribution in [0.1, 0.15) is 11.5 Å². The molecule has 0 unspecified atom stereocenters. The van der Waals surface area contributed by atoms with Crippen molar-refractivity contribution in [2.45, 2.75) is 13.3 Å². The van der Waals surface area contributed by atoms with E-state index in [0.29, 0.717) is 16.5 Å². The number of nitrogens with zero attached hydrogens (tertiary/aromatic N) is 2. The van der Waals surface area contributed by atoms with E-state index in [9.17, 15) is 4.79 Å². The first-order chi connectivity index (χ1) is 8.08. The Morgan fingerprint density at radius 1 is 1.47 bits per heavy atom. The van der Waals surface area contributed by atoms with Gasteiger partial charge in [-0.25, -0.2) is 4.98 Å². The number of aryl methyl sites for hydroxylation is 1. The van der Waals surface area contributed by atoms with Gasteiger partial charge in [-0.1, -0.05) is 23.7 Å². The molecule has 2 aromatic rings. The van der Waals surface area contributed by atoms with E-state index in [0.717, 1.165) is 5.69 Å². The number of aromatic nitrogens is 2. The Bertz CT molecular complexity index is 563. The van der Waals surface area contributed by atoms with E-state index in [-0.39, 0.29) is 6.42 Å². The number of halogens is 1. The lowest BCUT2D eigenvalue weighted by Gasteiger charge is -2.06. The number of carboxylic acid groups (broad SMARTS) is 1. The molecule has 0 aliphatic carbocycles. The molecule has 0 aliphatic heterocycles. The largest absolute Gasteiger partial charge is 0.481 e. The number of carbonyl (C=O) groups is 1. The smallest absolute Gasteiger partial charge is 0.309 e. The second-order valence-corrected chi connectivity index (χ2v) is 4.08. The lowest BCUT2D eigenvalue weighted by molar-refractivity contribution is -0.136. The summed E-state index contributed by atoms with van der Waals surface area (Å²) in [5.41, 5.74) is 1.32. The molecular weight excluding hydrogens is 240 g/mol. The van der Waals surface area contributed by atoms with Crippen LogP contribution in [-0.4, -0.2) is 20.6 Å². The summed E-state index contributed by atoms with van der Waals surface area (Å²) in [5, 5.41) is 9.32. The molecular formula is C12H11ClN2O2. The van der Waals surface area contributed by atoms with Crippen LogP contribution in [0.5, 0.6) is 0 Å². The highest BCUT2D eigenvalue weighted by Gasteiger charge is 2.10. The standard InChI is InChI=1S/C12H11ClN2O2/c1-8-14-9(6-12(16)17)7-15(8)11-5-3-2-4-10(11)13/h2-5,7H,6H2,1H3,(H,16,17). The van der Waals surface area contributed by atoms with E-state index < -0.39 is 5.97 Å². The molecule has 0 atom stereocenters. The van der Waals surface area contributed by atoms with Crippen molar-refractivity contribution >= 4 is 17.6 Å². The zero-order chi connectivity index (χ0) is 12.4. The van der Waals surface area contributed by atoms with Crippen molar-refractivity contribution in [3.05, 3.63) is 47.0 Å². The predicted octanol–water partition coefficient (Wildman–Crippen LogP) is 2.46. The Morgan fingerprint density at radius 2 is 2.18 bits per heavy atom. The molecule has 0 aliphatic rings. The fourth-order valence-corrected chi connectivity index (χ4v) is 1.89. The van der Waals surface area contributed by atoms with Crippen molar-refractivity contribution in [1.29, 1.82) is 0 Å². The Hall–Kier alpha value is -1.81. The molecule has 1 N–H and O–H groups in total. The second kappa shape index (κ2) is 4.59. The van der Waals surface area contributed by atoms with Crippen LogP contribution in [-0.2, 0) is 11.2 Å². The van der Waals surface area contributed by atoms with Gasteiger partial charge in [0.1, 0.15) is 5.82 Å². The van der Waals surface area contributed by atoms with Crippen LogP contribution in [0.2, 0.25) is 5.02 Å². The fraction of sp³-hybridized carbons (Fsp3) is 0.167. The number of carboxylic acids is 1. The number of benzene rings is 1. The van der Waals surface area contributed by atoms with E-state index in [1.165, 1.54) is 0 Å². The number of hydrogen-bond donors (Lipinski definition) is 1. The van der Waals surface area contributed by atoms with Crippen LogP contribution in [0.25, 0.3) is 5.69 Å². The average molecular weight is 251 g/mol. The van der Waals surface area contributed by atoms with Gasteiger partial charge in [0.05, 0.1) is 22.8 Å². The second-order valence-electron chi connectivity index (χ2n) is 3.67. The van der Waals surface area contributed by atoms with Gasteiger partial charge in [0, 0.05) is 6.20 Å². The zero-order valence-corrected chi connectivity index (χ0v) is 9.98. The number of para-hydroxylation sites is 1. The van der Waals surface area contributed by atoms with Gasteiger partial charge in [-0.3, -0.25) is 4.79 Å². The lowest BCUT2D eigenvalue weighted by Crippen LogP contribution is -2.00. The lowest BCUT2D eigenvalue weighted by atomic mass is 10.3. The van der Waals surface area contributed by atoms with Gasteiger partial charge in [-0.05, 0) is 19.1 Å². The van der Waals surface area contributed by atoms with Gasteiger partial charge in [0.2, 0.25) is 0 Å². The van der Waals surface area contributed by atoms with Gasteiger partial charge in [0.25, 0.3) is 0 Å². The Kier molecular flexibility index (Phi) is 3.15. The van der Waals surface area contributed by atoms with E-state index in [1.807, 2.05) is 25.1 Å². The van der Waals surface area contributed by atoms with Crippen molar-refractivity contribution in [2.75, 3.05) is 0 Å². The summed E-state index contributed by atoms with van der Waals surface area (Å²) in [7, 11) is 0. The first-order valence-electron chi connectivity index (χ1n) is 5.09. The van der Waals surface area contributed by atoms with Crippen LogP contribution in [0.15, 0.2) is 30.5 Å². The number of imidazole rings is 1. The minimum absolute atomic E-state index is 0.0850. The first-order valence-corrected chi connectivity index (χ1v) is 5.47. The molecule has 0 saturated carbocycles. The number of aliphatic carboxylic acids is 1. The molecule has 0 radical (unpaired) electrons. The zero-order valence-electron chi connectivity index (χ0n) is 9.22. The van der Waals surface area contributed by atoms with E-state index >= 15 is 0 Å². The minimum Gasteiger partial charge on any atom is -0.481 e. The van der Waals surface area contributed by atoms with Gasteiger partial charge in [-0.2, -0.15) is 0 Å². The summed E-state index contributed by atoms with van der Waals surface area (Å²) in [6, 6.07) is 7.36. The van der Waals surface area contributed by atoms with Gasteiger partial charge in [-0.15, -0.1) is 0 Å². The van der Waals surface area contributed by atoms with Gasteiger partial charge >= 0.3 is 5.97 Å². The van der Waals surface area contributed by atoms with E-state index in [1.54, 1.807) is 16.8 Å². The molecule has 5 heteroatoms. The summed E-state index contributed by atoms with van der Waals surface area (Å²) in [4.78, 5) is 14.8. The summed E-state index contributed by atoms with van der Waals surface area (Å²) < 4.78 is 1.79.